The first-order valence-corrected chi connectivity index (χ1v) is 15.3. The van der Waals surface area contributed by atoms with E-state index in [1.165, 1.54) is 109 Å². The molecule has 0 amide bonds. The second kappa shape index (κ2) is 27.3. The molecule has 0 aliphatic rings. The summed E-state index contributed by atoms with van der Waals surface area (Å²) in [5.41, 5.74) is 0. The van der Waals surface area contributed by atoms with E-state index in [0.717, 1.165) is 13.0 Å². The molecule has 0 aliphatic heterocycles. The molecule has 0 aromatic rings. The van der Waals surface area contributed by atoms with E-state index < -0.39 is 10.4 Å². The molecule has 0 atom stereocenters. The predicted octanol–water partition coefficient (Wildman–Crippen LogP) is 6.90. The Hall–Kier alpha value is -0.250. The van der Waals surface area contributed by atoms with Crippen LogP contribution in [0, 0.1) is 0 Å². The molecule has 0 heterocycles. The lowest BCUT2D eigenvalue weighted by Gasteiger charge is -2.07. The van der Waals surface area contributed by atoms with Gasteiger partial charge in [-0.2, -0.15) is 8.42 Å². The summed E-state index contributed by atoms with van der Waals surface area (Å²) < 4.78 is 49.2. The molecule has 0 aliphatic carbocycles. The zero-order chi connectivity index (χ0) is 25.0. The van der Waals surface area contributed by atoms with Gasteiger partial charge in [0, 0.05) is 6.61 Å². The maximum absolute atomic E-state index is 10.3. The summed E-state index contributed by atoms with van der Waals surface area (Å²) in [5.74, 6) is 0. The monoisotopic (exact) mass is 510 g/mol. The van der Waals surface area contributed by atoms with Gasteiger partial charge in [0.1, 0.15) is 0 Å². The fourth-order valence-electron chi connectivity index (χ4n) is 3.85. The van der Waals surface area contributed by atoms with Gasteiger partial charge < -0.3 is 14.2 Å². The Morgan fingerprint density at radius 3 is 1.09 bits per heavy atom. The highest BCUT2D eigenvalue weighted by molar-refractivity contribution is 7.80. The molecular weight excluding hydrogens is 456 g/mol. The van der Waals surface area contributed by atoms with Crippen LogP contribution in [0.5, 0.6) is 0 Å². The molecule has 8 heteroatoms. The second-order valence-corrected chi connectivity index (χ2v) is 10.2. The van der Waals surface area contributed by atoms with Gasteiger partial charge in [-0.05, 0) is 6.42 Å². The lowest BCUT2D eigenvalue weighted by molar-refractivity contribution is 0.00854. The van der Waals surface area contributed by atoms with Gasteiger partial charge in [0.05, 0.1) is 39.6 Å². The quantitative estimate of drug-likeness (QED) is 0.0864. The van der Waals surface area contributed by atoms with Crippen LogP contribution in [0.1, 0.15) is 122 Å². The van der Waals surface area contributed by atoms with Crippen LogP contribution >= 0.6 is 0 Å². The fraction of sp³-hybridized carbons (Fsp3) is 1.00. The first-order valence-electron chi connectivity index (χ1n) is 13.9. The number of ether oxygens (including phenoxy) is 3. The van der Waals surface area contributed by atoms with Crippen molar-refractivity contribution in [2.24, 2.45) is 0 Å². The summed E-state index contributed by atoms with van der Waals surface area (Å²) in [6.07, 6.45) is 24.8. The molecule has 0 aromatic heterocycles. The summed E-state index contributed by atoms with van der Waals surface area (Å²) >= 11 is 0. The highest BCUT2D eigenvalue weighted by Gasteiger charge is 2.02. The zero-order valence-corrected chi connectivity index (χ0v) is 22.8. The van der Waals surface area contributed by atoms with Gasteiger partial charge in [0.25, 0.3) is 0 Å². The van der Waals surface area contributed by atoms with Crippen LogP contribution in [0.3, 0.4) is 0 Å². The Bertz CT molecular complexity index is 486. The Morgan fingerprint density at radius 2 is 0.735 bits per heavy atom. The van der Waals surface area contributed by atoms with E-state index >= 15 is 0 Å². The van der Waals surface area contributed by atoms with Crippen molar-refractivity contribution in [2.45, 2.75) is 122 Å². The van der Waals surface area contributed by atoms with E-state index in [1.807, 2.05) is 0 Å². The Balaban J connectivity index is 3.04. The van der Waals surface area contributed by atoms with E-state index in [2.05, 4.69) is 11.1 Å². The molecule has 206 valence electrons. The van der Waals surface area contributed by atoms with Crippen molar-refractivity contribution < 1.29 is 31.4 Å². The van der Waals surface area contributed by atoms with E-state index in [-0.39, 0.29) is 13.2 Å². The molecule has 0 unspecified atom stereocenters. The minimum atomic E-state index is -4.38. The van der Waals surface area contributed by atoms with Crippen molar-refractivity contribution in [3.8, 4) is 0 Å². The molecule has 1 N–H and O–H groups in total. The average molecular weight is 511 g/mol. The number of unbranched alkanes of at least 4 members (excludes halogenated alkanes) is 17. The standard InChI is InChI=1S/C26H54O7S/c1-2-3-4-5-6-7-8-9-10-11-12-13-14-15-16-17-18-19-20-30-21-22-31-23-24-32-25-26-33-34(27,28)29/h2-26H2,1H3,(H,27,28,29). The summed E-state index contributed by atoms with van der Waals surface area (Å²) in [7, 11) is -4.38. The van der Waals surface area contributed by atoms with E-state index in [4.69, 9.17) is 18.8 Å². The Morgan fingerprint density at radius 1 is 0.441 bits per heavy atom. The molecule has 0 fully saturated rings. The van der Waals surface area contributed by atoms with Crippen molar-refractivity contribution in [1.82, 2.24) is 0 Å². The molecular formula is C26H54O7S. The third-order valence-corrected chi connectivity index (χ3v) is 6.31. The van der Waals surface area contributed by atoms with Gasteiger partial charge in [-0.25, -0.2) is 4.18 Å². The lowest BCUT2D eigenvalue weighted by atomic mass is 10.0. The van der Waals surface area contributed by atoms with E-state index in [0.29, 0.717) is 26.4 Å². The van der Waals surface area contributed by atoms with Crippen molar-refractivity contribution in [3.63, 3.8) is 0 Å². The molecule has 0 saturated carbocycles. The third-order valence-electron chi connectivity index (χ3n) is 5.85. The minimum Gasteiger partial charge on any atom is -0.379 e. The van der Waals surface area contributed by atoms with Crippen molar-refractivity contribution in [3.05, 3.63) is 0 Å². The average Bonchev–Trinajstić information content (AvgIpc) is 2.80. The summed E-state index contributed by atoms with van der Waals surface area (Å²) in [4.78, 5) is 0. The molecule has 0 aromatic carbocycles. The van der Waals surface area contributed by atoms with Gasteiger partial charge in [-0.1, -0.05) is 116 Å². The van der Waals surface area contributed by atoms with Crippen LogP contribution in [0.15, 0.2) is 0 Å². The number of hydrogen-bond donors (Lipinski definition) is 1. The smallest absolute Gasteiger partial charge is 0.379 e. The molecule has 0 radical (unpaired) electrons. The summed E-state index contributed by atoms with van der Waals surface area (Å²) in [5, 5.41) is 0. The summed E-state index contributed by atoms with van der Waals surface area (Å²) in [6.45, 7) is 4.78. The predicted molar refractivity (Wildman–Crippen MR) is 139 cm³/mol. The first kappa shape index (κ1) is 33.8. The van der Waals surface area contributed by atoms with E-state index in [9.17, 15) is 8.42 Å². The van der Waals surface area contributed by atoms with Crippen LogP contribution < -0.4 is 0 Å². The largest absolute Gasteiger partial charge is 0.397 e. The van der Waals surface area contributed by atoms with Crippen LogP contribution in [0.2, 0.25) is 0 Å². The Kier molecular flexibility index (Phi) is 27.1. The van der Waals surface area contributed by atoms with Gasteiger partial charge in [0.2, 0.25) is 0 Å². The SMILES string of the molecule is CCCCCCCCCCCCCCCCCCCCOCCOCCOCCOS(=O)(=O)O. The first-order chi connectivity index (χ1) is 16.6. The van der Waals surface area contributed by atoms with Crippen molar-refractivity contribution in [2.75, 3.05) is 46.2 Å². The highest BCUT2D eigenvalue weighted by Crippen LogP contribution is 2.14. The third kappa shape index (κ3) is 31.8. The molecule has 34 heavy (non-hydrogen) atoms. The second-order valence-electron chi connectivity index (χ2n) is 9.10. The fourth-order valence-corrected chi connectivity index (χ4v) is 4.12. The minimum absolute atomic E-state index is 0.0823. The van der Waals surface area contributed by atoms with Gasteiger partial charge >= 0.3 is 10.4 Å². The van der Waals surface area contributed by atoms with Gasteiger partial charge in [-0.3, -0.25) is 4.55 Å². The highest BCUT2D eigenvalue weighted by atomic mass is 32.3. The van der Waals surface area contributed by atoms with Gasteiger partial charge in [0.15, 0.2) is 0 Å². The molecule has 7 nitrogen and oxygen atoms in total. The molecule has 0 spiro atoms. The molecule has 0 saturated heterocycles. The van der Waals surface area contributed by atoms with Crippen LogP contribution in [0.25, 0.3) is 0 Å². The van der Waals surface area contributed by atoms with Gasteiger partial charge in [-0.15, -0.1) is 0 Å². The van der Waals surface area contributed by atoms with Crippen LogP contribution in [0.4, 0.5) is 0 Å². The van der Waals surface area contributed by atoms with Crippen molar-refractivity contribution in [1.29, 1.82) is 0 Å². The van der Waals surface area contributed by atoms with Crippen LogP contribution in [-0.4, -0.2) is 59.2 Å². The molecule has 0 rings (SSSR count). The maximum Gasteiger partial charge on any atom is 0.397 e. The number of rotatable bonds is 29. The Labute approximate surface area is 210 Å². The van der Waals surface area contributed by atoms with Crippen molar-refractivity contribution >= 4 is 10.4 Å². The number of hydrogen-bond acceptors (Lipinski definition) is 6. The topological polar surface area (TPSA) is 91.3 Å². The van der Waals surface area contributed by atoms with E-state index in [1.54, 1.807) is 0 Å². The lowest BCUT2D eigenvalue weighted by Crippen LogP contribution is -2.13. The summed E-state index contributed by atoms with van der Waals surface area (Å²) in [6, 6.07) is 0. The molecule has 0 bridgehead atoms. The maximum atomic E-state index is 10.3. The zero-order valence-electron chi connectivity index (χ0n) is 22.0. The normalized spacial score (nSPS) is 11.9. The van der Waals surface area contributed by atoms with Crippen LogP contribution in [-0.2, 0) is 28.8 Å².